The number of fused-ring (bicyclic) bond motifs is 1. The van der Waals surface area contributed by atoms with Crippen LogP contribution in [0.4, 0.5) is 0 Å². The lowest BCUT2D eigenvalue weighted by atomic mass is 9.99. The third-order valence-electron chi connectivity index (χ3n) is 3.11. The minimum absolute atomic E-state index is 0.0602. The highest BCUT2D eigenvalue weighted by molar-refractivity contribution is 7.14. The van der Waals surface area contributed by atoms with Gasteiger partial charge in [-0.05, 0) is 50.7 Å². The summed E-state index contributed by atoms with van der Waals surface area (Å²) in [4.78, 5) is 14.2. The number of aryl methyl sites for hydroxylation is 2. The largest absolute Gasteiger partial charge is 0.351 e. The highest BCUT2D eigenvalue weighted by Gasteiger charge is 2.16. The number of hydrogen-bond acceptors (Lipinski definition) is 3. The van der Waals surface area contributed by atoms with Gasteiger partial charge in [0.1, 0.15) is 0 Å². The van der Waals surface area contributed by atoms with E-state index < -0.39 is 0 Å². The topological polar surface area (TPSA) is 55.1 Å². The Morgan fingerprint density at radius 3 is 3.00 bits per heavy atom. The van der Waals surface area contributed by atoms with E-state index >= 15 is 0 Å². The number of carbonyl (C=O) groups excluding carboxylic acids is 1. The quantitative estimate of drug-likeness (QED) is 0.862. The van der Waals surface area contributed by atoms with Crippen molar-refractivity contribution in [1.29, 1.82) is 0 Å². The zero-order chi connectivity index (χ0) is 12.3. The van der Waals surface area contributed by atoms with Crippen molar-refractivity contribution < 1.29 is 4.79 Å². The fourth-order valence-electron chi connectivity index (χ4n) is 2.10. The van der Waals surface area contributed by atoms with Crippen molar-refractivity contribution in [3.05, 3.63) is 21.4 Å². The normalized spacial score (nSPS) is 16.4. The van der Waals surface area contributed by atoms with Gasteiger partial charge in [0, 0.05) is 17.5 Å². The molecule has 1 aromatic heterocycles. The van der Waals surface area contributed by atoms with Gasteiger partial charge in [-0.15, -0.1) is 11.3 Å². The minimum atomic E-state index is 0.0602. The first-order valence-corrected chi connectivity index (χ1v) is 7.14. The third kappa shape index (κ3) is 3.30. The Balaban J connectivity index is 1.92. The molecule has 1 aliphatic carbocycles. The van der Waals surface area contributed by atoms with Crippen molar-refractivity contribution >= 4 is 17.2 Å². The molecule has 0 radical (unpaired) electrons. The van der Waals surface area contributed by atoms with Crippen molar-refractivity contribution in [2.75, 3.05) is 6.54 Å². The number of nitrogens with one attached hydrogen (secondary N) is 1. The monoisotopic (exact) mass is 252 g/mol. The van der Waals surface area contributed by atoms with Gasteiger partial charge >= 0.3 is 0 Å². The summed E-state index contributed by atoms with van der Waals surface area (Å²) >= 11 is 1.66. The van der Waals surface area contributed by atoms with Gasteiger partial charge in [-0.3, -0.25) is 4.79 Å². The van der Waals surface area contributed by atoms with Crippen LogP contribution in [0.1, 0.15) is 46.3 Å². The molecule has 1 aliphatic rings. The number of carbonyl (C=O) groups is 1. The maximum atomic E-state index is 11.9. The summed E-state index contributed by atoms with van der Waals surface area (Å²) in [5, 5.41) is 2.93. The molecule has 3 N–H and O–H groups in total. The smallest absolute Gasteiger partial charge is 0.261 e. The van der Waals surface area contributed by atoms with Crippen LogP contribution in [0.2, 0.25) is 0 Å². The van der Waals surface area contributed by atoms with E-state index in [2.05, 4.69) is 11.4 Å². The number of thiophene rings is 1. The Bertz CT molecular complexity index is 375. The molecule has 94 valence electrons. The fraction of sp³-hybridized carbons (Fsp3) is 0.615. The van der Waals surface area contributed by atoms with E-state index in [1.54, 1.807) is 11.3 Å². The van der Waals surface area contributed by atoms with Crippen molar-refractivity contribution in [2.24, 2.45) is 5.73 Å². The van der Waals surface area contributed by atoms with Gasteiger partial charge in [-0.2, -0.15) is 0 Å². The Kier molecular flexibility index (Phi) is 4.18. The average Bonchev–Trinajstić information content (AvgIpc) is 2.71. The molecular formula is C13H20N2OS. The van der Waals surface area contributed by atoms with Gasteiger partial charge in [0.2, 0.25) is 0 Å². The lowest BCUT2D eigenvalue weighted by molar-refractivity contribution is 0.0957. The van der Waals surface area contributed by atoms with E-state index in [9.17, 15) is 4.79 Å². The van der Waals surface area contributed by atoms with E-state index in [0.29, 0.717) is 6.54 Å². The molecule has 1 unspecified atom stereocenters. The first-order chi connectivity index (χ1) is 8.16. The van der Waals surface area contributed by atoms with Crippen LogP contribution in [-0.2, 0) is 12.8 Å². The standard InChI is InChI=1S/C13H20N2OS/c1-9(14)6-7-15-13(16)12-8-10-4-2-3-5-11(10)17-12/h8-9H,2-7,14H2,1H3,(H,15,16). The number of rotatable bonds is 4. The van der Waals surface area contributed by atoms with Gasteiger partial charge in [0.05, 0.1) is 4.88 Å². The van der Waals surface area contributed by atoms with Gasteiger partial charge in [-0.1, -0.05) is 0 Å². The molecule has 1 atom stereocenters. The van der Waals surface area contributed by atoms with Crippen molar-refractivity contribution in [3.63, 3.8) is 0 Å². The Labute approximate surface area is 106 Å². The van der Waals surface area contributed by atoms with E-state index in [0.717, 1.165) is 24.1 Å². The fourth-order valence-corrected chi connectivity index (χ4v) is 3.27. The second-order valence-electron chi connectivity index (χ2n) is 4.79. The van der Waals surface area contributed by atoms with E-state index in [1.165, 1.54) is 23.3 Å². The van der Waals surface area contributed by atoms with Crippen LogP contribution in [0.15, 0.2) is 6.07 Å². The summed E-state index contributed by atoms with van der Waals surface area (Å²) in [6, 6.07) is 2.22. The maximum Gasteiger partial charge on any atom is 0.261 e. The molecular weight excluding hydrogens is 232 g/mol. The molecule has 1 heterocycles. The molecule has 0 aliphatic heterocycles. The predicted molar refractivity (Wildman–Crippen MR) is 71.6 cm³/mol. The molecule has 0 spiro atoms. The summed E-state index contributed by atoms with van der Waals surface area (Å²) in [5.41, 5.74) is 7.04. The zero-order valence-corrected chi connectivity index (χ0v) is 11.1. The lowest BCUT2D eigenvalue weighted by Crippen LogP contribution is -2.28. The second kappa shape index (κ2) is 5.65. The summed E-state index contributed by atoms with van der Waals surface area (Å²) in [6.07, 6.45) is 5.64. The number of amides is 1. The van der Waals surface area contributed by atoms with E-state index in [-0.39, 0.29) is 11.9 Å². The van der Waals surface area contributed by atoms with Crippen molar-refractivity contribution in [3.8, 4) is 0 Å². The maximum absolute atomic E-state index is 11.9. The van der Waals surface area contributed by atoms with Gasteiger partial charge in [0.15, 0.2) is 0 Å². The van der Waals surface area contributed by atoms with Crippen LogP contribution in [0.3, 0.4) is 0 Å². The summed E-state index contributed by atoms with van der Waals surface area (Å²) in [7, 11) is 0. The molecule has 0 aromatic carbocycles. The summed E-state index contributed by atoms with van der Waals surface area (Å²) in [6.45, 7) is 2.62. The Morgan fingerprint density at radius 2 is 2.29 bits per heavy atom. The van der Waals surface area contributed by atoms with Crippen LogP contribution >= 0.6 is 11.3 Å². The highest BCUT2D eigenvalue weighted by Crippen LogP contribution is 2.29. The molecule has 0 saturated carbocycles. The van der Waals surface area contributed by atoms with Crippen molar-refractivity contribution in [1.82, 2.24) is 5.32 Å². The molecule has 4 heteroatoms. The number of hydrogen-bond donors (Lipinski definition) is 2. The number of nitrogens with two attached hydrogens (primary N) is 1. The molecule has 0 saturated heterocycles. The molecule has 3 nitrogen and oxygen atoms in total. The van der Waals surface area contributed by atoms with Crippen LogP contribution in [0.25, 0.3) is 0 Å². The van der Waals surface area contributed by atoms with Crippen LogP contribution in [-0.4, -0.2) is 18.5 Å². The van der Waals surface area contributed by atoms with Crippen LogP contribution in [0.5, 0.6) is 0 Å². The van der Waals surface area contributed by atoms with Gasteiger partial charge in [-0.25, -0.2) is 0 Å². The molecule has 1 aromatic rings. The highest BCUT2D eigenvalue weighted by atomic mass is 32.1. The van der Waals surface area contributed by atoms with Crippen LogP contribution in [0, 0.1) is 0 Å². The summed E-state index contributed by atoms with van der Waals surface area (Å²) < 4.78 is 0. The molecule has 2 rings (SSSR count). The molecule has 0 bridgehead atoms. The molecule has 0 fully saturated rings. The van der Waals surface area contributed by atoms with Gasteiger partial charge < -0.3 is 11.1 Å². The first kappa shape index (κ1) is 12.6. The minimum Gasteiger partial charge on any atom is -0.351 e. The Hall–Kier alpha value is -0.870. The SMILES string of the molecule is CC(N)CCNC(=O)c1cc2c(s1)CCCC2. The van der Waals surface area contributed by atoms with Crippen molar-refractivity contribution in [2.45, 2.75) is 45.1 Å². The first-order valence-electron chi connectivity index (χ1n) is 6.32. The molecule has 1 amide bonds. The van der Waals surface area contributed by atoms with E-state index in [4.69, 9.17) is 5.73 Å². The Morgan fingerprint density at radius 1 is 1.53 bits per heavy atom. The predicted octanol–water partition coefficient (Wildman–Crippen LogP) is 2.09. The average molecular weight is 252 g/mol. The summed E-state index contributed by atoms with van der Waals surface area (Å²) in [5.74, 6) is 0.0602. The zero-order valence-electron chi connectivity index (χ0n) is 10.3. The third-order valence-corrected chi connectivity index (χ3v) is 4.34. The van der Waals surface area contributed by atoms with Crippen LogP contribution < -0.4 is 11.1 Å². The molecule has 17 heavy (non-hydrogen) atoms. The van der Waals surface area contributed by atoms with Gasteiger partial charge in [0.25, 0.3) is 5.91 Å². The van der Waals surface area contributed by atoms with E-state index in [1.807, 2.05) is 6.92 Å². The second-order valence-corrected chi connectivity index (χ2v) is 5.92. The lowest BCUT2D eigenvalue weighted by Gasteiger charge is -2.08.